The first-order valence-corrected chi connectivity index (χ1v) is 9.94. The Bertz CT molecular complexity index is 1030. The topological polar surface area (TPSA) is 58.2 Å². The zero-order valence-electron chi connectivity index (χ0n) is 14.2. The Balaban J connectivity index is 1.77. The summed E-state index contributed by atoms with van der Waals surface area (Å²) in [5.74, 6) is 1.50. The molecule has 0 aliphatic carbocycles. The van der Waals surface area contributed by atoms with Gasteiger partial charge in [-0.2, -0.15) is 0 Å². The zero-order chi connectivity index (χ0) is 18.3. The summed E-state index contributed by atoms with van der Waals surface area (Å²) in [5, 5.41) is 0.562. The van der Waals surface area contributed by atoms with Gasteiger partial charge in [0.05, 0.1) is 30.2 Å². The molecular formula is C19H17Br2N3O2. The molecule has 0 spiro atoms. The van der Waals surface area contributed by atoms with Crippen LogP contribution in [0.25, 0.3) is 10.9 Å². The van der Waals surface area contributed by atoms with Crippen molar-refractivity contribution in [3.8, 4) is 5.75 Å². The minimum Gasteiger partial charge on any atom is -0.495 e. The summed E-state index contributed by atoms with van der Waals surface area (Å²) in [6.45, 7) is 1.43. The number of fused-ring (bicyclic) bond motifs is 2. The van der Waals surface area contributed by atoms with Gasteiger partial charge in [-0.1, -0.05) is 28.1 Å². The number of rotatable bonds is 3. The molecule has 1 N–H and O–H groups in total. The fourth-order valence-electron chi connectivity index (χ4n) is 3.49. The zero-order valence-corrected chi connectivity index (χ0v) is 17.4. The molecule has 0 atom stereocenters. The molecule has 4 rings (SSSR count). The smallest absolute Gasteiger partial charge is 0.258 e. The van der Waals surface area contributed by atoms with E-state index in [1.807, 2.05) is 18.2 Å². The van der Waals surface area contributed by atoms with Crippen LogP contribution in [-0.2, 0) is 13.0 Å². The molecule has 0 radical (unpaired) electrons. The van der Waals surface area contributed by atoms with E-state index in [1.54, 1.807) is 13.2 Å². The van der Waals surface area contributed by atoms with Gasteiger partial charge in [0.2, 0.25) is 0 Å². The van der Waals surface area contributed by atoms with E-state index in [9.17, 15) is 4.79 Å². The van der Waals surface area contributed by atoms with Crippen LogP contribution in [0.5, 0.6) is 5.75 Å². The first-order valence-electron chi connectivity index (χ1n) is 8.35. The van der Waals surface area contributed by atoms with Crippen molar-refractivity contribution in [2.24, 2.45) is 0 Å². The Labute approximate surface area is 167 Å². The van der Waals surface area contributed by atoms with Gasteiger partial charge in [0.15, 0.2) is 0 Å². The van der Waals surface area contributed by atoms with Crippen LogP contribution in [0.4, 0.5) is 5.69 Å². The van der Waals surface area contributed by atoms with Gasteiger partial charge >= 0.3 is 0 Å². The van der Waals surface area contributed by atoms with Crippen LogP contribution in [-0.4, -0.2) is 23.6 Å². The van der Waals surface area contributed by atoms with Crippen molar-refractivity contribution in [1.82, 2.24) is 9.97 Å². The number of hydrogen-bond donors (Lipinski definition) is 1. The lowest BCUT2D eigenvalue weighted by atomic mass is 10.0. The third-order valence-corrected chi connectivity index (χ3v) is 5.67. The summed E-state index contributed by atoms with van der Waals surface area (Å²) in [7, 11) is 1.69. The predicted octanol–water partition coefficient (Wildman–Crippen LogP) is 4.41. The van der Waals surface area contributed by atoms with Crippen molar-refractivity contribution in [3.63, 3.8) is 0 Å². The molecule has 2 aromatic carbocycles. The second-order valence-corrected chi connectivity index (χ2v) is 8.06. The van der Waals surface area contributed by atoms with Crippen molar-refractivity contribution in [2.45, 2.75) is 19.4 Å². The minimum atomic E-state index is -0.135. The van der Waals surface area contributed by atoms with Crippen LogP contribution in [0, 0.1) is 0 Å². The number of methoxy groups -OCH3 is 1. The van der Waals surface area contributed by atoms with Crippen LogP contribution in [0.3, 0.4) is 0 Å². The minimum absolute atomic E-state index is 0.135. The molecule has 7 heteroatoms. The first kappa shape index (κ1) is 17.5. The molecule has 1 aliphatic rings. The Morgan fingerprint density at radius 3 is 2.96 bits per heavy atom. The first-order chi connectivity index (χ1) is 12.6. The van der Waals surface area contributed by atoms with E-state index >= 15 is 0 Å². The molecule has 26 heavy (non-hydrogen) atoms. The lowest BCUT2D eigenvalue weighted by molar-refractivity contribution is 0.412. The summed E-state index contributed by atoms with van der Waals surface area (Å²) >= 11 is 6.93. The molecular weight excluding hydrogens is 462 g/mol. The number of aromatic amines is 1. The van der Waals surface area contributed by atoms with Gasteiger partial charge < -0.3 is 14.6 Å². The quantitative estimate of drug-likeness (QED) is 0.605. The van der Waals surface area contributed by atoms with Crippen LogP contribution in [0.1, 0.15) is 17.8 Å². The number of para-hydroxylation sites is 1. The lowest BCUT2D eigenvalue weighted by Gasteiger charge is -2.32. The molecule has 0 fully saturated rings. The molecule has 0 amide bonds. The number of H-pyrrole nitrogens is 1. The average molecular weight is 479 g/mol. The van der Waals surface area contributed by atoms with Gasteiger partial charge in [-0.15, -0.1) is 0 Å². The Morgan fingerprint density at radius 1 is 1.31 bits per heavy atom. The summed E-state index contributed by atoms with van der Waals surface area (Å²) in [5.41, 5.74) is 2.90. The maximum Gasteiger partial charge on any atom is 0.258 e. The number of hydrogen-bond acceptors (Lipinski definition) is 4. The number of aryl methyl sites for hydroxylation is 1. The largest absolute Gasteiger partial charge is 0.495 e. The van der Waals surface area contributed by atoms with E-state index in [2.05, 4.69) is 47.8 Å². The molecule has 2 heterocycles. The van der Waals surface area contributed by atoms with E-state index in [0.29, 0.717) is 23.3 Å². The Morgan fingerprint density at radius 2 is 2.15 bits per heavy atom. The second-order valence-electron chi connectivity index (χ2n) is 6.29. The van der Waals surface area contributed by atoms with Crippen molar-refractivity contribution >= 4 is 48.5 Å². The number of nitrogens with one attached hydrogen (secondary N) is 1. The highest BCUT2D eigenvalue weighted by Crippen LogP contribution is 2.36. The van der Waals surface area contributed by atoms with E-state index < -0.39 is 0 Å². The summed E-state index contributed by atoms with van der Waals surface area (Å²) in [6.07, 6.45) is 2.10. The van der Waals surface area contributed by atoms with E-state index in [4.69, 9.17) is 9.72 Å². The van der Waals surface area contributed by atoms with Gasteiger partial charge in [-0.25, -0.2) is 4.98 Å². The molecule has 3 aromatic rings. The number of benzene rings is 2. The molecule has 134 valence electrons. The van der Waals surface area contributed by atoms with Crippen molar-refractivity contribution in [3.05, 3.63) is 61.0 Å². The molecule has 0 unspecified atom stereocenters. The highest BCUT2D eigenvalue weighted by atomic mass is 79.9. The summed E-state index contributed by atoms with van der Waals surface area (Å²) < 4.78 is 7.20. The van der Waals surface area contributed by atoms with Gasteiger partial charge in [0.25, 0.3) is 5.56 Å². The molecule has 0 saturated carbocycles. The lowest BCUT2D eigenvalue weighted by Crippen LogP contribution is -2.31. The fourth-order valence-corrected chi connectivity index (χ4v) is 4.81. The standard InChI is InChI=1S/C19H17Br2N3O2/c1-26-15-6-2-4-11-5-3-7-24(18(11)15)10-16-22-17-13(19(25)23-16)8-12(20)9-14(17)21/h2,4,6,8-9H,3,5,7,10H2,1H3,(H,22,23,25). The fraction of sp³-hybridized carbons (Fsp3) is 0.263. The number of aromatic nitrogens is 2. The monoisotopic (exact) mass is 477 g/mol. The summed E-state index contributed by atoms with van der Waals surface area (Å²) in [4.78, 5) is 22.4. The number of anilines is 1. The van der Waals surface area contributed by atoms with Gasteiger partial charge in [-0.05, 0) is 52.5 Å². The molecule has 1 aromatic heterocycles. The maximum atomic E-state index is 12.5. The molecule has 0 saturated heterocycles. The number of halogens is 2. The number of ether oxygens (including phenoxy) is 1. The number of nitrogens with zero attached hydrogens (tertiary/aromatic N) is 2. The van der Waals surface area contributed by atoms with Gasteiger partial charge in [0, 0.05) is 15.5 Å². The van der Waals surface area contributed by atoms with Crippen LogP contribution in [0.15, 0.2) is 44.1 Å². The average Bonchev–Trinajstić information content (AvgIpc) is 2.62. The third-order valence-electron chi connectivity index (χ3n) is 4.61. The predicted molar refractivity (Wildman–Crippen MR) is 110 cm³/mol. The second kappa shape index (κ2) is 7.04. The van der Waals surface area contributed by atoms with E-state index in [-0.39, 0.29) is 5.56 Å². The maximum absolute atomic E-state index is 12.5. The van der Waals surface area contributed by atoms with Crippen LogP contribution >= 0.6 is 31.9 Å². The highest BCUT2D eigenvalue weighted by Gasteiger charge is 2.22. The normalized spacial score (nSPS) is 13.7. The van der Waals surface area contributed by atoms with E-state index in [0.717, 1.165) is 39.8 Å². The molecule has 0 bridgehead atoms. The van der Waals surface area contributed by atoms with Gasteiger partial charge in [0.1, 0.15) is 11.6 Å². The molecule has 1 aliphatic heterocycles. The van der Waals surface area contributed by atoms with E-state index in [1.165, 1.54) is 5.56 Å². The Hall–Kier alpha value is -1.86. The van der Waals surface area contributed by atoms with Gasteiger partial charge in [-0.3, -0.25) is 4.79 Å². The molecule has 5 nitrogen and oxygen atoms in total. The van der Waals surface area contributed by atoms with Crippen molar-refractivity contribution in [1.29, 1.82) is 0 Å². The van der Waals surface area contributed by atoms with Crippen molar-refractivity contribution < 1.29 is 4.74 Å². The van der Waals surface area contributed by atoms with Crippen LogP contribution in [0.2, 0.25) is 0 Å². The third kappa shape index (κ3) is 3.14. The van der Waals surface area contributed by atoms with Crippen molar-refractivity contribution in [2.75, 3.05) is 18.6 Å². The summed E-state index contributed by atoms with van der Waals surface area (Å²) in [6, 6.07) is 9.81. The SMILES string of the molecule is COc1cccc2c1N(Cc1nc3c(Br)cc(Br)cc3c(=O)[nH]1)CCC2. The Kier molecular flexibility index (Phi) is 4.75. The van der Waals surface area contributed by atoms with Crippen LogP contribution < -0.4 is 15.2 Å². The highest BCUT2D eigenvalue weighted by molar-refractivity contribution is 9.11.